The highest BCUT2D eigenvalue weighted by molar-refractivity contribution is 5.26. The van der Waals surface area contributed by atoms with Gasteiger partial charge in [0.2, 0.25) is 0 Å². The number of ether oxygens (including phenoxy) is 1. The molecule has 0 aliphatic carbocycles. The van der Waals surface area contributed by atoms with Crippen LogP contribution in [0.4, 0.5) is 0 Å². The van der Waals surface area contributed by atoms with Gasteiger partial charge in [-0.15, -0.1) is 0 Å². The molecular formula is C16H23N3O2. The number of aromatic nitrogens is 2. The zero-order chi connectivity index (χ0) is 15.1. The minimum absolute atomic E-state index is 0.235. The van der Waals surface area contributed by atoms with E-state index in [0.29, 0.717) is 6.54 Å². The predicted molar refractivity (Wildman–Crippen MR) is 82.4 cm³/mol. The number of hydrogen-bond donors (Lipinski definition) is 2. The van der Waals surface area contributed by atoms with Gasteiger partial charge in [-0.3, -0.25) is 4.68 Å². The van der Waals surface area contributed by atoms with Gasteiger partial charge in [-0.2, -0.15) is 5.10 Å². The van der Waals surface area contributed by atoms with E-state index in [1.54, 1.807) is 6.20 Å². The molecule has 0 saturated carbocycles. The van der Waals surface area contributed by atoms with Gasteiger partial charge in [0.1, 0.15) is 18.5 Å². The van der Waals surface area contributed by atoms with Crippen molar-refractivity contribution in [3.05, 3.63) is 48.3 Å². The van der Waals surface area contributed by atoms with E-state index in [4.69, 9.17) is 4.74 Å². The van der Waals surface area contributed by atoms with Crippen molar-refractivity contribution < 1.29 is 9.84 Å². The largest absolute Gasteiger partial charge is 0.491 e. The summed E-state index contributed by atoms with van der Waals surface area (Å²) in [6.45, 7) is 5.65. The third-order valence-electron chi connectivity index (χ3n) is 3.19. The van der Waals surface area contributed by atoms with Crippen molar-refractivity contribution in [2.24, 2.45) is 0 Å². The van der Waals surface area contributed by atoms with Gasteiger partial charge in [-0.1, -0.05) is 17.7 Å². The Morgan fingerprint density at radius 1 is 1.33 bits per heavy atom. The van der Waals surface area contributed by atoms with E-state index < -0.39 is 6.10 Å². The molecule has 2 N–H and O–H groups in total. The second-order valence-corrected chi connectivity index (χ2v) is 5.32. The summed E-state index contributed by atoms with van der Waals surface area (Å²) in [5, 5.41) is 17.4. The minimum Gasteiger partial charge on any atom is -0.491 e. The molecule has 114 valence electrons. The molecule has 21 heavy (non-hydrogen) atoms. The Kier molecular flexibility index (Phi) is 5.78. The van der Waals surface area contributed by atoms with Crippen molar-refractivity contribution in [2.75, 3.05) is 13.2 Å². The highest BCUT2D eigenvalue weighted by Gasteiger charge is 2.08. The second-order valence-electron chi connectivity index (χ2n) is 5.32. The maximum absolute atomic E-state index is 9.93. The fraction of sp³-hybridized carbons (Fsp3) is 0.438. The lowest BCUT2D eigenvalue weighted by Gasteiger charge is -2.17. The molecule has 2 aromatic rings. The van der Waals surface area contributed by atoms with Crippen molar-refractivity contribution in [3.63, 3.8) is 0 Å². The molecule has 1 heterocycles. The maximum Gasteiger partial charge on any atom is 0.119 e. The molecule has 2 unspecified atom stereocenters. The molecule has 2 atom stereocenters. The Morgan fingerprint density at radius 3 is 2.76 bits per heavy atom. The lowest BCUT2D eigenvalue weighted by molar-refractivity contribution is 0.103. The Labute approximate surface area is 125 Å². The number of nitrogens with one attached hydrogen (secondary N) is 1. The van der Waals surface area contributed by atoms with Gasteiger partial charge in [-0.05, 0) is 32.0 Å². The number of aryl methyl sites for hydroxylation is 1. The van der Waals surface area contributed by atoms with Crippen LogP contribution in [0.25, 0.3) is 0 Å². The van der Waals surface area contributed by atoms with Crippen molar-refractivity contribution >= 4 is 0 Å². The average molecular weight is 289 g/mol. The van der Waals surface area contributed by atoms with Crippen molar-refractivity contribution in [1.82, 2.24) is 15.1 Å². The third kappa shape index (κ3) is 5.57. The van der Waals surface area contributed by atoms with Crippen LogP contribution in [0.2, 0.25) is 0 Å². The van der Waals surface area contributed by atoms with E-state index in [-0.39, 0.29) is 12.6 Å². The first kappa shape index (κ1) is 15.5. The molecule has 0 aliphatic heterocycles. The summed E-state index contributed by atoms with van der Waals surface area (Å²) in [5.41, 5.74) is 1.19. The number of benzene rings is 1. The fourth-order valence-corrected chi connectivity index (χ4v) is 1.98. The molecule has 0 saturated heterocycles. The lowest BCUT2D eigenvalue weighted by atomic mass is 10.2. The van der Waals surface area contributed by atoms with Crippen LogP contribution < -0.4 is 10.1 Å². The highest BCUT2D eigenvalue weighted by Crippen LogP contribution is 2.11. The summed E-state index contributed by atoms with van der Waals surface area (Å²) >= 11 is 0. The van der Waals surface area contributed by atoms with Crippen molar-refractivity contribution in [2.45, 2.75) is 32.5 Å². The summed E-state index contributed by atoms with van der Waals surface area (Å²) in [4.78, 5) is 0. The highest BCUT2D eigenvalue weighted by atomic mass is 16.5. The molecule has 5 nitrogen and oxygen atoms in total. The average Bonchev–Trinajstić information content (AvgIpc) is 2.97. The number of hydrogen-bond acceptors (Lipinski definition) is 4. The Morgan fingerprint density at radius 2 is 2.10 bits per heavy atom. The second kappa shape index (κ2) is 7.81. The Bertz CT molecular complexity index is 511. The van der Waals surface area contributed by atoms with E-state index in [1.807, 2.05) is 48.1 Å². The Hall–Kier alpha value is -1.85. The summed E-state index contributed by atoms with van der Waals surface area (Å²) in [5.74, 6) is 0.782. The predicted octanol–water partition coefficient (Wildman–Crippen LogP) is 1.61. The van der Waals surface area contributed by atoms with E-state index in [9.17, 15) is 5.11 Å². The molecule has 0 bridgehead atoms. The molecule has 0 amide bonds. The van der Waals surface area contributed by atoms with Gasteiger partial charge in [0.25, 0.3) is 0 Å². The summed E-state index contributed by atoms with van der Waals surface area (Å²) < 4.78 is 7.42. The fourth-order valence-electron chi connectivity index (χ4n) is 1.98. The molecule has 0 radical (unpaired) electrons. The van der Waals surface area contributed by atoms with Crippen LogP contribution in [0.1, 0.15) is 12.5 Å². The maximum atomic E-state index is 9.93. The van der Waals surface area contributed by atoms with Crippen LogP contribution in [-0.2, 0) is 6.54 Å². The van der Waals surface area contributed by atoms with Gasteiger partial charge in [0, 0.05) is 25.0 Å². The van der Waals surface area contributed by atoms with Crippen LogP contribution in [0, 0.1) is 6.92 Å². The number of rotatable bonds is 8. The van der Waals surface area contributed by atoms with Crippen LogP contribution in [0.3, 0.4) is 0 Å². The van der Waals surface area contributed by atoms with Crippen LogP contribution in [-0.4, -0.2) is 40.2 Å². The van der Waals surface area contributed by atoms with Gasteiger partial charge < -0.3 is 15.2 Å². The smallest absolute Gasteiger partial charge is 0.119 e. The minimum atomic E-state index is -0.536. The molecule has 1 aromatic heterocycles. The van der Waals surface area contributed by atoms with E-state index in [1.165, 1.54) is 5.56 Å². The zero-order valence-corrected chi connectivity index (χ0v) is 12.6. The van der Waals surface area contributed by atoms with Crippen molar-refractivity contribution in [3.8, 4) is 5.75 Å². The number of nitrogens with zero attached hydrogens (tertiary/aromatic N) is 2. The van der Waals surface area contributed by atoms with E-state index in [0.717, 1.165) is 12.3 Å². The summed E-state index contributed by atoms with van der Waals surface area (Å²) in [6, 6.07) is 9.94. The standard InChI is InChI=1S/C16H23N3O2/c1-13-4-6-16(7-5-13)21-12-15(20)10-17-14(2)11-19-9-3-8-18-19/h3-9,14-15,17,20H,10-12H2,1-2H3. The monoisotopic (exact) mass is 289 g/mol. The summed E-state index contributed by atoms with van der Waals surface area (Å²) in [6.07, 6.45) is 3.15. The van der Waals surface area contributed by atoms with E-state index >= 15 is 0 Å². The lowest BCUT2D eigenvalue weighted by Crippen LogP contribution is -2.38. The quantitative estimate of drug-likeness (QED) is 0.775. The topological polar surface area (TPSA) is 59.3 Å². The molecule has 2 rings (SSSR count). The van der Waals surface area contributed by atoms with Crippen LogP contribution in [0.15, 0.2) is 42.7 Å². The third-order valence-corrected chi connectivity index (χ3v) is 3.19. The van der Waals surface area contributed by atoms with E-state index in [2.05, 4.69) is 17.3 Å². The van der Waals surface area contributed by atoms with Gasteiger partial charge in [-0.25, -0.2) is 0 Å². The van der Waals surface area contributed by atoms with Gasteiger partial charge >= 0.3 is 0 Å². The molecule has 1 aromatic carbocycles. The number of aliphatic hydroxyl groups is 1. The van der Waals surface area contributed by atoms with Gasteiger partial charge in [0.15, 0.2) is 0 Å². The first-order valence-corrected chi connectivity index (χ1v) is 7.22. The number of aliphatic hydroxyl groups excluding tert-OH is 1. The Balaban J connectivity index is 1.65. The zero-order valence-electron chi connectivity index (χ0n) is 12.6. The molecule has 0 fully saturated rings. The summed E-state index contributed by atoms with van der Waals surface area (Å²) in [7, 11) is 0. The molecule has 0 spiro atoms. The first-order chi connectivity index (χ1) is 10.1. The first-order valence-electron chi connectivity index (χ1n) is 7.22. The van der Waals surface area contributed by atoms with Crippen LogP contribution >= 0.6 is 0 Å². The van der Waals surface area contributed by atoms with Crippen molar-refractivity contribution in [1.29, 1.82) is 0 Å². The van der Waals surface area contributed by atoms with Crippen LogP contribution in [0.5, 0.6) is 5.75 Å². The van der Waals surface area contributed by atoms with Gasteiger partial charge in [0.05, 0.1) is 6.54 Å². The SMILES string of the molecule is Cc1ccc(OCC(O)CNC(C)Cn2cccn2)cc1. The molecular weight excluding hydrogens is 266 g/mol. The normalized spacial score (nSPS) is 13.9. The molecule has 5 heteroatoms. The molecule has 0 aliphatic rings.